The van der Waals surface area contributed by atoms with Crippen LogP contribution in [0.4, 0.5) is 0 Å². The van der Waals surface area contributed by atoms with Crippen molar-refractivity contribution in [1.29, 1.82) is 0 Å². The molecule has 4 heteroatoms. The Bertz CT molecular complexity index is 479. The topological polar surface area (TPSA) is 38.8 Å². The number of methoxy groups -OCH3 is 2. The Morgan fingerprint density at radius 1 is 1.10 bits per heavy atom. The van der Waals surface area contributed by atoms with Crippen molar-refractivity contribution < 1.29 is 14.3 Å². The molecule has 0 spiro atoms. The molecule has 1 aliphatic rings. The molecule has 1 saturated carbocycles. The molecule has 0 aromatic heterocycles. The molecule has 2 rings (SSSR count). The summed E-state index contributed by atoms with van der Waals surface area (Å²) < 4.78 is 10.5. The molecule has 2 atom stereocenters. The molecule has 0 N–H and O–H groups in total. The minimum absolute atomic E-state index is 0.0333. The van der Waals surface area contributed by atoms with Gasteiger partial charge < -0.3 is 14.4 Å². The maximum absolute atomic E-state index is 12.7. The molecule has 1 aliphatic carbocycles. The van der Waals surface area contributed by atoms with E-state index in [2.05, 4.69) is 6.92 Å². The van der Waals surface area contributed by atoms with Crippen LogP contribution in [0.5, 0.6) is 11.5 Å². The summed E-state index contributed by atoms with van der Waals surface area (Å²) in [6, 6.07) is 5.65. The summed E-state index contributed by atoms with van der Waals surface area (Å²) >= 11 is 0. The van der Waals surface area contributed by atoms with Gasteiger partial charge in [-0.3, -0.25) is 4.79 Å². The fourth-order valence-corrected chi connectivity index (χ4v) is 3.16. The Morgan fingerprint density at radius 3 is 2.19 bits per heavy atom. The molecule has 0 heterocycles. The van der Waals surface area contributed by atoms with E-state index in [-0.39, 0.29) is 5.91 Å². The zero-order valence-electron chi connectivity index (χ0n) is 13.4. The van der Waals surface area contributed by atoms with Crippen molar-refractivity contribution in [3.8, 4) is 11.5 Å². The van der Waals surface area contributed by atoms with Crippen molar-refractivity contribution in [3.05, 3.63) is 23.8 Å². The number of rotatable bonds is 4. The summed E-state index contributed by atoms with van der Waals surface area (Å²) in [4.78, 5) is 14.6. The van der Waals surface area contributed by atoms with Gasteiger partial charge >= 0.3 is 0 Å². The van der Waals surface area contributed by atoms with Crippen LogP contribution in [-0.4, -0.2) is 38.1 Å². The third-order valence-corrected chi connectivity index (χ3v) is 4.48. The fourth-order valence-electron chi connectivity index (χ4n) is 3.16. The molecular formula is C17H25NO3. The first-order valence-corrected chi connectivity index (χ1v) is 7.57. The molecule has 0 saturated heterocycles. The van der Waals surface area contributed by atoms with Crippen LogP contribution in [0.25, 0.3) is 0 Å². The smallest absolute Gasteiger partial charge is 0.254 e. The van der Waals surface area contributed by atoms with Crippen LogP contribution < -0.4 is 9.47 Å². The van der Waals surface area contributed by atoms with Crippen LogP contribution in [-0.2, 0) is 0 Å². The van der Waals surface area contributed by atoms with Gasteiger partial charge in [-0.15, -0.1) is 0 Å². The zero-order valence-corrected chi connectivity index (χ0v) is 13.4. The first-order chi connectivity index (χ1) is 10.1. The van der Waals surface area contributed by atoms with E-state index in [1.807, 2.05) is 11.9 Å². The lowest BCUT2D eigenvalue weighted by molar-refractivity contribution is 0.0628. The minimum Gasteiger partial charge on any atom is -0.497 e. The van der Waals surface area contributed by atoms with Crippen LogP contribution in [0.2, 0.25) is 0 Å². The number of ether oxygens (including phenoxy) is 2. The Labute approximate surface area is 127 Å². The number of carbonyl (C=O) groups excluding carboxylic acids is 1. The number of benzene rings is 1. The molecule has 2 unspecified atom stereocenters. The predicted octanol–water partition coefficient (Wildman–Crippen LogP) is 3.35. The van der Waals surface area contributed by atoms with Gasteiger partial charge in [0.15, 0.2) is 0 Å². The molecule has 1 aromatic rings. The van der Waals surface area contributed by atoms with Crippen molar-refractivity contribution in [2.45, 2.75) is 38.6 Å². The highest BCUT2D eigenvalue weighted by atomic mass is 16.5. The van der Waals surface area contributed by atoms with E-state index in [4.69, 9.17) is 9.47 Å². The van der Waals surface area contributed by atoms with Gasteiger partial charge in [-0.25, -0.2) is 0 Å². The summed E-state index contributed by atoms with van der Waals surface area (Å²) in [5, 5.41) is 0. The van der Waals surface area contributed by atoms with Gasteiger partial charge in [0.05, 0.1) is 14.2 Å². The number of amides is 1. The highest BCUT2D eigenvalue weighted by Gasteiger charge is 2.28. The second-order valence-corrected chi connectivity index (χ2v) is 5.85. The third-order valence-electron chi connectivity index (χ3n) is 4.48. The van der Waals surface area contributed by atoms with E-state index in [0.29, 0.717) is 29.0 Å². The monoisotopic (exact) mass is 291 g/mol. The summed E-state index contributed by atoms with van der Waals surface area (Å²) in [5.74, 6) is 1.87. The molecule has 0 radical (unpaired) electrons. The highest BCUT2D eigenvalue weighted by Crippen LogP contribution is 2.29. The molecular weight excluding hydrogens is 266 g/mol. The van der Waals surface area contributed by atoms with E-state index in [1.165, 1.54) is 19.3 Å². The molecule has 4 nitrogen and oxygen atoms in total. The van der Waals surface area contributed by atoms with Gasteiger partial charge in [0.1, 0.15) is 11.5 Å². The van der Waals surface area contributed by atoms with Crippen molar-refractivity contribution in [2.75, 3.05) is 21.3 Å². The van der Waals surface area contributed by atoms with Crippen LogP contribution >= 0.6 is 0 Å². The molecule has 116 valence electrons. The first kappa shape index (κ1) is 15.7. The largest absolute Gasteiger partial charge is 0.497 e. The maximum Gasteiger partial charge on any atom is 0.254 e. The molecule has 1 aromatic carbocycles. The van der Waals surface area contributed by atoms with Crippen LogP contribution in [0.1, 0.15) is 43.0 Å². The van der Waals surface area contributed by atoms with Gasteiger partial charge in [-0.05, 0) is 30.9 Å². The van der Waals surface area contributed by atoms with Gasteiger partial charge in [0, 0.05) is 24.7 Å². The summed E-state index contributed by atoms with van der Waals surface area (Å²) in [7, 11) is 5.09. The number of hydrogen-bond acceptors (Lipinski definition) is 3. The van der Waals surface area contributed by atoms with Gasteiger partial charge in [-0.2, -0.15) is 0 Å². The van der Waals surface area contributed by atoms with E-state index in [1.54, 1.807) is 32.4 Å². The average Bonchev–Trinajstić information content (AvgIpc) is 2.53. The minimum atomic E-state index is 0.0333. The standard InChI is InChI=1S/C17H25NO3/c1-12-7-5-6-8-16(12)18(2)17(19)13-9-14(20-3)11-15(10-13)21-4/h9-12,16H,5-8H2,1-4H3. The lowest BCUT2D eigenvalue weighted by Gasteiger charge is -2.36. The Balaban J connectivity index is 2.22. The molecule has 0 aliphatic heterocycles. The summed E-state index contributed by atoms with van der Waals surface area (Å²) in [6.45, 7) is 2.24. The second kappa shape index (κ2) is 6.83. The second-order valence-electron chi connectivity index (χ2n) is 5.85. The molecule has 1 fully saturated rings. The SMILES string of the molecule is COc1cc(OC)cc(C(=O)N(C)C2CCCCC2C)c1. The quantitative estimate of drug-likeness (QED) is 0.854. The summed E-state index contributed by atoms with van der Waals surface area (Å²) in [6.07, 6.45) is 4.76. The average molecular weight is 291 g/mol. The van der Waals surface area contributed by atoms with Crippen molar-refractivity contribution in [3.63, 3.8) is 0 Å². The maximum atomic E-state index is 12.7. The normalized spacial score (nSPS) is 21.7. The van der Waals surface area contributed by atoms with E-state index >= 15 is 0 Å². The Hall–Kier alpha value is -1.71. The lowest BCUT2D eigenvalue weighted by Crippen LogP contribution is -2.42. The molecule has 0 bridgehead atoms. The van der Waals surface area contributed by atoms with Gasteiger partial charge in [0.2, 0.25) is 0 Å². The molecule has 1 amide bonds. The number of hydrogen-bond donors (Lipinski definition) is 0. The first-order valence-electron chi connectivity index (χ1n) is 7.57. The zero-order chi connectivity index (χ0) is 15.4. The van der Waals surface area contributed by atoms with Gasteiger partial charge in [-0.1, -0.05) is 19.8 Å². The number of carbonyl (C=O) groups is 1. The number of nitrogens with zero attached hydrogens (tertiary/aromatic N) is 1. The van der Waals surface area contributed by atoms with Crippen LogP contribution in [0.3, 0.4) is 0 Å². The van der Waals surface area contributed by atoms with Crippen LogP contribution in [0, 0.1) is 5.92 Å². The van der Waals surface area contributed by atoms with E-state index in [9.17, 15) is 4.79 Å². The fraction of sp³-hybridized carbons (Fsp3) is 0.588. The Kier molecular flexibility index (Phi) is 5.10. The van der Waals surface area contributed by atoms with E-state index in [0.717, 1.165) is 6.42 Å². The highest BCUT2D eigenvalue weighted by molar-refractivity contribution is 5.95. The van der Waals surface area contributed by atoms with E-state index < -0.39 is 0 Å². The lowest BCUT2D eigenvalue weighted by atomic mass is 9.85. The summed E-state index contributed by atoms with van der Waals surface area (Å²) in [5.41, 5.74) is 0.617. The van der Waals surface area contributed by atoms with Crippen molar-refractivity contribution in [2.24, 2.45) is 5.92 Å². The predicted molar refractivity (Wildman–Crippen MR) is 83.1 cm³/mol. The van der Waals surface area contributed by atoms with Crippen molar-refractivity contribution in [1.82, 2.24) is 4.90 Å². The Morgan fingerprint density at radius 2 is 1.67 bits per heavy atom. The van der Waals surface area contributed by atoms with Crippen LogP contribution in [0.15, 0.2) is 18.2 Å². The molecule has 21 heavy (non-hydrogen) atoms. The van der Waals surface area contributed by atoms with Gasteiger partial charge in [0.25, 0.3) is 5.91 Å². The third kappa shape index (κ3) is 3.49. The van der Waals surface area contributed by atoms with Crippen molar-refractivity contribution >= 4 is 5.91 Å².